The number of ether oxygens (including phenoxy) is 4. The predicted molar refractivity (Wildman–Crippen MR) is 130 cm³/mol. The van der Waals surface area contributed by atoms with E-state index in [1.54, 1.807) is 42.5 Å². The first-order valence-electron chi connectivity index (χ1n) is 11.9. The van der Waals surface area contributed by atoms with Crippen molar-refractivity contribution < 1.29 is 33.6 Å². The van der Waals surface area contributed by atoms with Crippen molar-refractivity contribution in [3.8, 4) is 17.2 Å². The number of rotatable bonds is 9. The van der Waals surface area contributed by atoms with Crippen LogP contribution in [-0.4, -0.2) is 61.3 Å². The maximum absolute atomic E-state index is 13.3. The fraction of sp³-hybridized carbons (Fsp3) is 0.407. The van der Waals surface area contributed by atoms with Crippen LogP contribution in [0.15, 0.2) is 48.0 Å². The third-order valence-electron chi connectivity index (χ3n) is 6.21. The van der Waals surface area contributed by atoms with Crippen LogP contribution < -0.4 is 14.2 Å². The van der Waals surface area contributed by atoms with Crippen LogP contribution in [0.1, 0.15) is 43.9 Å². The van der Waals surface area contributed by atoms with Gasteiger partial charge in [-0.2, -0.15) is 0 Å². The molecule has 35 heavy (non-hydrogen) atoms. The number of aliphatic hydroxyl groups is 1. The number of carbonyl (C=O) groups excluding carboxylic acids is 2. The molecule has 2 aliphatic rings. The summed E-state index contributed by atoms with van der Waals surface area (Å²) in [6.45, 7) is 5.62. The Kier molecular flexibility index (Phi) is 7.60. The lowest BCUT2D eigenvalue weighted by atomic mass is 9.94. The fourth-order valence-corrected chi connectivity index (χ4v) is 4.58. The quantitative estimate of drug-likeness (QED) is 0.327. The Morgan fingerprint density at radius 3 is 2.43 bits per heavy atom. The Labute approximate surface area is 205 Å². The minimum atomic E-state index is -0.796. The van der Waals surface area contributed by atoms with Crippen molar-refractivity contribution in [3.63, 3.8) is 0 Å². The first-order valence-corrected chi connectivity index (χ1v) is 11.9. The molecule has 0 spiro atoms. The number of aliphatic hydroxyl groups excluding tert-OH is 1. The zero-order valence-electron chi connectivity index (χ0n) is 20.3. The molecular formula is C27H31NO7. The van der Waals surface area contributed by atoms with Gasteiger partial charge >= 0.3 is 0 Å². The molecule has 0 aliphatic carbocycles. The van der Waals surface area contributed by atoms with Gasteiger partial charge in [0.15, 0.2) is 11.5 Å². The summed E-state index contributed by atoms with van der Waals surface area (Å²) in [6, 6.07) is 11.3. The number of benzene rings is 2. The highest BCUT2D eigenvalue weighted by molar-refractivity contribution is 6.46. The second-order valence-electron chi connectivity index (χ2n) is 8.39. The van der Waals surface area contributed by atoms with Gasteiger partial charge in [-0.1, -0.05) is 6.07 Å². The van der Waals surface area contributed by atoms with Gasteiger partial charge in [0.05, 0.1) is 38.0 Å². The van der Waals surface area contributed by atoms with E-state index >= 15 is 0 Å². The molecule has 2 aliphatic heterocycles. The van der Waals surface area contributed by atoms with Gasteiger partial charge in [0.25, 0.3) is 11.7 Å². The zero-order chi connectivity index (χ0) is 24.9. The summed E-state index contributed by atoms with van der Waals surface area (Å²) in [5, 5.41) is 11.3. The highest BCUT2D eigenvalue weighted by Crippen LogP contribution is 2.42. The minimum absolute atomic E-state index is 0.0309. The Balaban J connectivity index is 1.81. The SMILES string of the molecule is CCOc1ccc(/C(O)=C2\C(=O)C(=O)N(CC3CCCO3)C2c2ccc(OCC)c(OC)c2)cc1. The molecule has 2 heterocycles. The fourth-order valence-electron chi connectivity index (χ4n) is 4.58. The number of likely N-dealkylation sites (tertiary alicyclic amines) is 1. The van der Waals surface area contributed by atoms with Crippen LogP contribution in [0.25, 0.3) is 5.76 Å². The first kappa shape index (κ1) is 24.6. The third kappa shape index (κ3) is 4.98. The van der Waals surface area contributed by atoms with E-state index < -0.39 is 17.7 Å². The molecule has 2 aromatic rings. The van der Waals surface area contributed by atoms with Crippen LogP contribution in [0.4, 0.5) is 0 Å². The van der Waals surface area contributed by atoms with Gasteiger partial charge in [0.1, 0.15) is 11.5 Å². The van der Waals surface area contributed by atoms with Crippen LogP contribution in [0.2, 0.25) is 0 Å². The van der Waals surface area contributed by atoms with Crippen molar-refractivity contribution in [1.29, 1.82) is 0 Å². The van der Waals surface area contributed by atoms with E-state index in [0.717, 1.165) is 12.8 Å². The summed E-state index contributed by atoms with van der Waals surface area (Å²) in [5.41, 5.74) is 1.09. The Hall–Kier alpha value is -3.52. The molecule has 2 atom stereocenters. The van der Waals surface area contributed by atoms with E-state index in [1.807, 2.05) is 13.8 Å². The van der Waals surface area contributed by atoms with E-state index in [4.69, 9.17) is 18.9 Å². The van der Waals surface area contributed by atoms with Crippen molar-refractivity contribution in [3.05, 3.63) is 59.2 Å². The molecular weight excluding hydrogens is 450 g/mol. The maximum Gasteiger partial charge on any atom is 0.295 e. The molecule has 2 aromatic carbocycles. The van der Waals surface area contributed by atoms with Crippen LogP contribution in [0.3, 0.4) is 0 Å². The van der Waals surface area contributed by atoms with E-state index in [-0.39, 0.29) is 24.0 Å². The standard InChI is InChI=1S/C27H31NO7/c1-4-33-19-11-8-17(9-12-19)25(29)23-24(18-10-13-21(34-5-2)22(15-18)32-3)28(27(31)26(23)30)16-20-7-6-14-35-20/h8-13,15,20,24,29H,4-7,14,16H2,1-3H3/b25-23+. The molecule has 0 aromatic heterocycles. The van der Waals surface area contributed by atoms with Crippen LogP contribution in [0, 0.1) is 0 Å². The van der Waals surface area contributed by atoms with E-state index in [2.05, 4.69) is 0 Å². The van der Waals surface area contributed by atoms with Gasteiger partial charge in [0.2, 0.25) is 0 Å². The summed E-state index contributed by atoms with van der Waals surface area (Å²) in [4.78, 5) is 27.9. The molecule has 0 saturated carbocycles. The second-order valence-corrected chi connectivity index (χ2v) is 8.39. The Morgan fingerprint density at radius 1 is 1.06 bits per heavy atom. The highest BCUT2D eigenvalue weighted by Gasteiger charge is 2.47. The number of ketones is 1. The van der Waals surface area contributed by atoms with Gasteiger partial charge in [-0.3, -0.25) is 9.59 Å². The van der Waals surface area contributed by atoms with Gasteiger partial charge in [0, 0.05) is 18.7 Å². The number of nitrogens with zero attached hydrogens (tertiary/aromatic N) is 1. The number of Topliss-reactive ketones (excluding diaryl/α,β-unsaturated/α-hetero) is 1. The molecule has 8 heteroatoms. The third-order valence-corrected chi connectivity index (χ3v) is 6.21. The molecule has 2 unspecified atom stereocenters. The monoisotopic (exact) mass is 481 g/mol. The Bertz CT molecular complexity index is 1100. The van der Waals surface area contributed by atoms with Crippen molar-refractivity contribution in [2.45, 2.75) is 38.8 Å². The molecule has 1 amide bonds. The Morgan fingerprint density at radius 2 is 1.80 bits per heavy atom. The largest absolute Gasteiger partial charge is 0.507 e. The molecule has 186 valence electrons. The van der Waals surface area contributed by atoms with E-state index in [9.17, 15) is 14.7 Å². The molecule has 4 rings (SSSR count). The number of carbonyl (C=O) groups is 2. The minimum Gasteiger partial charge on any atom is -0.507 e. The zero-order valence-corrected chi connectivity index (χ0v) is 20.3. The summed E-state index contributed by atoms with van der Waals surface area (Å²) >= 11 is 0. The average molecular weight is 482 g/mol. The van der Waals surface area contributed by atoms with Crippen molar-refractivity contribution in [1.82, 2.24) is 4.90 Å². The molecule has 1 N–H and O–H groups in total. The van der Waals surface area contributed by atoms with Gasteiger partial charge in [-0.15, -0.1) is 0 Å². The first-order chi connectivity index (χ1) is 17.0. The van der Waals surface area contributed by atoms with Crippen LogP contribution in [-0.2, 0) is 14.3 Å². The molecule has 8 nitrogen and oxygen atoms in total. The van der Waals surface area contributed by atoms with Crippen molar-refractivity contribution in [2.75, 3.05) is 33.5 Å². The summed E-state index contributed by atoms with van der Waals surface area (Å²) in [7, 11) is 1.53. The molecule has 0 bridgehead atoms. The lowest BCUT2D eigenvalue weighted by Crippen LogP contribution is -2.36. The van der Waals surface area contributed by atoms with Crippen LogP contribution >= 0.6 is 0 Å². The van der Waals surface area contributed by atoms with E-state index in [0.29, 0.717) is 48.2 Å². The van der Waals surface area contributed by atoms with E-state index in [1.165, 1.54) is 12.0 Å². The molecule has 0 radical (unpaired) electrons. The van der Waals surface area contributed by atoms with Crippen LogP contribution in [0.5, 0.6) is 17.2 Å². The number of amides is 1. The predicted octanol–water partition coefficient (Wildman–Crippen LogP) is 4.09. The topological polar surface area (TPSA) is 94.5 Å². The molecule has 2 fully saturated rings. The van der Waals surface area contributed by atoms with Gasteiger partial charge in [-0.05, 0) is 68.7 Å². The summed E-state index contributed by atoms with van der Waals surface area (Å²) in [5.74, 6) is 0.0577. The van der Waals surface area contributed by atoms with Gasteiger partial charge in [-0.25, -0.2) is 0 Å². The number of hydrogen-bond donors (Lipinski definition) is 1. The van der Waals surface area contributed by atoms with Gasteiger partial charge < -0.3 is 29.0 Å². The molecule has 2 saturated heterocycles. The average Bonchev–Trinajstić information content (AvgIpc) is 3.47. The lowest BCUT2D eigenvalue weighted by Gasteiger charge is -2.28. The maximum atomic E-state index is 13.3. The number of hydrogen-bond acceptors (Lipinski definition) is 7. The smallest absolute Gasteiger partial charge is 0.295 e. The number of methoxy groups -OCH3 is 1. The summed E-state index contributed by atoms with van der Waals surface area (Å²) in [6.07, 6.45) is 1.55. The summed E-state index contributed by atoms with van der Waals surface area (Å²) < 4.78 is 22.4. The normalized spacial score (nSPS) is 21.4. The second kappa shape index (κ2) is 10.8. The van der Waals surface area contributed by atoms with Crippen molar-refractivity contribution in [2.24, 2.45) is 0 Å². The van der Waals surface area contributed by atoms with Crippen molar-refractivity contribution >= 4 is 17.4 Å². The highest BCUT2D eigenvalue weighted by atomic mass is 16.5. The lowest BCUT2D eigenvalue weighted by molar-refractivity contribution is -0.140.